The average molecular weight is 496 g/mol. The Labute approximate surface area is 214 Å². The molecule has 0 bridgehead atoms. The zero-order valence-electron chi connectivity index (χ0n) is 20.1. The number of carboxylic acids is 1. The predicted molar refractivity (Wildman–Crippen MR) is 141 cm³/mol. The van der Waals surface area contributed by atoms with Crippen molar-refractivity contribution in [2.24, 2.45) is 4.99 Å². The van der Waals surface area contributed by atoms with Gasteiger partial charge in [0.2, 0.25) is 0 Å². The summed E-state index contributed by atoms with van der Waals surface area (Å²) in [4.78, 5) is 29.4. The molecule has 1 atom stereocenters. The zero-order valence-corrected chi connectivity index (χ0v) is 20.1. The molecule has 5 nitrogen and oxygen atoms in total. The number of ether oxygens (including phenoxy) is 1. The van der Waals surface area contributed by atoms with Crippen molar-refractivity contribution < 1.29 is 23.8 Å². The Kier molecular flexibility index (Phi) is 8.55. The van der Waals surface area contributed by atoms with E-state index in [1.807, 2.05) is 60.7 Å². The third-order valence-electron chi connectivity index (χ3n) is 5.84. The van der Waals surface area contributed by atoms with Crippen LogP contribution in [-0.2, 0) is 11.4 Å². The number of aliphatic carboxylic acids is 1. The molecule has 0 aromatic heterocycles. The fourth-order valence-corrected chi connectivity index (χ4v) is 3.83. The lowest BCUT2D eigenvalue weighted by molar-refractivity contribution is -0.138. The van der Waals surface area contributed by atoms with E-state index in [4.69, 9.17) is 4.74 Å². The van der Waals surface area contributed by atoms with Gasteiger partial charge < -0.3 is 9.84 Å². The van der Waals surface area contributed by atoms with Crippen LogP contribution < -0.4 is 4.74 Å². The number of nitrogens with zero attached hydrogens (tertiary/aromatic N) is 1. The predicted octanol–water partition coefficient (Wildman–Crippen LogP) is 6.36. The highest BCUT2D eigenvalue weighted by atomic mass is 19.1. The van der Waals surface area contributed by atoms with Crippen molar-refractivity contribution >= 4 is 17.5 Å². The average Bonchev–Trinajstić information content (AvgIpc) is 2.93. The van der Waals surface area contributed by atoms with Crippen molar-refractivity contribution in [1.29, 1.82) is 0 Å². The van der Waals surface area contributed by atoms with Crippen LogP contribution in [0.2, 0.25) is 0 Å². The first-order valence-electron chi connectivity index (χ1n) is 11.9. The third-order valence-corrected chi connectivity index (χ3v) is 5.84. The molecule has 0 heterocycles. The minimum Gasteiger partial charge on any atom is -0.489 e. The largest absolute Gasteiger partial charge is 0.489 e. The standard InChI is InChI=1S/C31H26FNO4/c32-27-14-8-7-13-25(27)21-37-26-17-15-22(16-18-26)29(34)20-19-28(31(35)36)33-30(23-9-3-1-4-10-23)24-11-5-2-6-12-24/h1-18,28H,19-21H2,(H,35,36)/t28-/m1/s1. The molecule has 0 aliphatic heterocycles. The number of carboxylic acid groups (broad SMARTS) is 1. The first-order chi connectivity index (χ1) is 18.0. The Morgan fingerprint density at radius 1 is 0.757 bits per heavy atom. The summed E-state index contributed by atoms with van der Waals surface area (Å²) < 4.78 is 19.4. The molecule has 4 aromatic rings. The minimum absolute atomic E-state index is 0.0206. The summed E-state index contributed by atoms with van der Waals surface area (Å²) in [7, 11) is 0. The van der Waals surface area contributed by atoms with Gasteiger partial charge in [-0.15, -0.1) is 0 Å². The van der Waals surface area contributed by atoms with E-state index in [1.165, 1.54) is 6.07 Å². The Morgan fingerprint density at radius 3 is 1.89 bits per heavy atom. The molecule has 0 radical (unpaired) electrons. The lowest BCUT2D eigenvalue weighted by atomic mass is 10.00. The van der Waals surface area contributed by atoms with Gasteiger partial charge in [-0.25, -0.2) is 9.18 Å². The molecule has 0 fully saturated rings. The van der Waals surface area contributed by atoms with Crippen LogP contribution in [0.1, 0.15) is 39.9 Å². The number of carbonyl (C=O) groups is 2. The SMILES string of the molecule is O=C(CC[C@@H](N=C(c1ccccc1)c1ccccc1)C(=O)O)c1ccc(OCc2ccccc2F)cc1. The zero-order chi connectivity index (χ0) is 26.0. The van der Waals surface area contributed by atoms with E-state index in [-0.39, 0.29) is 31.0 Å². The van der Waals surface area contributed by atoms with Gasteiger partial charge in [-0.05, 0) is 36.8 Å². The summed E-state index contributed by atoms with van der Waals surface area (Å²) in [5.74, 6) is -1.12. The fraction of sp³-hybridized carbons (Fsp3) is 0.129. The molecule has 1 N–H and O–H groups in total. The van der Waals surface area contributed by atoms with Crippen LogP contribution in [0.4, 0.5) is 4.39 Å². The first-order valence-corrected chi connectivity index (χ1v) is 11.9. The van der Waals surface area contributed by atoms with Crippen molar-refractivity contribution in [2.45, 2.75) is 25.5 Å². The number of halogens is 1. The van der Waals surface area contributed by atoms with Gasteiger partial charge in [0, 0.05) is 28.7 Å². The Morgan fingerprint density at radius 2 is 1.32 bits per heavy atom. The van der Waals surface area contributed by atoms with Crippen molar-refractivity contribution in [1.82, 2.24) is 0 Å². The molecule has 0 aliphatic carbocycles. The van der Waals surface area contributed by atoms with Crippen molar-refractivity contribution in [2.75, 3.05) is 0 Å². The number of hydrogen-bond donors (Lipinski definition) is 1. The quantitative estimate of drug-likeness (QED) is 0.194. The number of ketones is 1. The molecule has 0 spiro atoms. The van der Waals surface area contributed by atoms with Gasteiger partial charge in [0.25, 0.3) is 0 Å². The summed E-state index contributed by atoms with van der Waals surface area (Å²) in [6, 6.07) is 30.6. The van der Waals surface area contributed by atoms with Crippen LogP contribution >= 0.6 is 0 Å². The van der Waals surface area contributed by atoms with Gasteiger partial charge in [0.1, 0.15) is 24.2 Å². The van der Waals surface area contributed by atoms with E-state index in [1.54, 1.807) is 42.5 Å². The van der Waals surface area contributed by atoms with Gasteiger partial charge in [0.15, 0.2) is 5.78 Å². The molecular weight excluding hydrogens is 469 g/mol. The van der Waals surface area contributed by atoms with Crippen molar-refractivity contribution in [3.05, 3.63) is 137 Å². The van der Waals surface area contributed by atoms with Gasteiger partial charge >= 0.3 is 5.97 Å². The van der Waals surface area contributed by atoms with Crippen LogP contribution in [0.25, 0.3) is 0 Å². The number of carbonyl (C=O) groups excluding carboxylic acids is 1. The fourth-order valence-electron chi connectivity index (χ4n) is 3.83. The highest BCUT2D eigenvalue weighted by Crippen LogP contribution is 2.19. The lowest BCUT2D eigenvalue weighted by Gasteiger charge is -2.13. The maximum atomic E-state index is 13.8. The van der Waals surface area contributed by atoms with E-state index in [0.717, 1.165) is 11.1 Å². The second-order valence-electron chi connectivity index (χ2n) is 8.43. The lowest BCUT2D eigenvalue weighted by Crippen LogP contribution is -2.22. The Balaban J connectivity index is 1.43. The van der Waals surface area contributed by atoms with Crippen LogP contribution in [0, 0.1) is 5.82 Å². The molecule has 37 heavy (non-hydrogen) atoms. The third kappa shape index (κ3) is 6.98. The van der Waals surface area contributed by atoms with Gasteiger partial charge in [-0.2, -0.15) is 0 Å². The summed E-state index contributed by atoms with van der Waals surface area (Å²) in [5.41, 5.74) is 3.05. The van der Waals surface area contributed by atoms with Crippen molar-refractivity contribution in [3.63, 3.8) is 0 Å². The summed E-state index contributed by atoms with van der Waals surface area (Å²) in [6.45, 7) is 0.0728. The monoisotopic (exact) mass is 495 g/mol. The smallest absolute Gasteiger partial charge is 0.328 e. The molecular formula is C31H26FNO4. The van der Waals surface area contributed by atoms with Crippen LogP contribution in [-0.4, -0.2) is 28.6 Å². The molecule has 186 valence electrons. The van der Waals surface area contributed by atoms with E-state index in [2.05, 4.69) is 4.99 Å². The van der Waals surface area contributed by atoms with E-state index < -0.39 is 12.0 Å². The number of hydrogen-bond acceptors (Lipinski definition) is 4. The van der Waals surface area contributed by atoms with Gasteiger partial charge in [0.05, 0.1) is 5.71 Å². The Bertz CT molecular complexity index is 1330. The Hall–Kier alpha value is -4.58. The topological polar surface area (TPSA) is 76.0 Å². The summed E-state index contributed by atoms with van der Waals surface area (Å²) in [6.07, 6.45) is 0.0790. The molecule has 4 aromatic carbocycles. The van der Waals surface area contributed by atoms with Crippen molar-refractivity contribution in [3.8, 4) is 5.75 Å². The van der Waals surface area contributed by atoms with E-state index in [0.29, 0.717) is 22.6 Å². The number of rotatable bonds is 11. The van der Waals surface area contributed by atoms with Crippen LogP contribution in [0.5, 0.6) is 5.75 Å². The van der Waals surface area contributed by atoms with E-state index >= 15 is 0 Å². The number of aliphatic imine (C=N–C) groups is 1. The molecule has 0 amide bonds. The molecule has 0 aliphatic rings. The van der Waals surface area contributed by atoms with E-state index in [9.17, 15) is 19.1 Å². The molecule has 4 rings (SSSR count). The maximum Gasteiger partial charge on any atom is 0.328 e. The first kappa shape index (κ1) is 25.5. The number of benzene rings is 4. The molecule has 0 unspecified atom stereocenters. The van der Waals surface area contributed by atoms with Crippen LogP contribution in [0.3, 0.4) is 0 Å². The minimum atomic E-state index is -1.09. The molecule has 0 saturated heterocycles. The molecule has 6 heteroatoms. The van der Waals surface area contributed by atoms with Gasteiger partial charge in [-0.1, -0.05) is 78.9 Å². The summed E-state index contributed by atoms with van der Waals surface area (Å²) in [5, 5.41) is 9.85. The molecule has 0 saturated carbocycles. The highest BCUT2D eigenvalue weighted by molar-refractivity contribution is 6.13. The highest BCUT2D eigenvalue weighted by Gasteiger charge is 2.20. The second-order valence-corrected chi connectivity index (χ2v) is 8.43. The summed E-state index contributed by atoms with van der Waals surface area (Å²) >= 11 is 0. The maximum absolute atomic E-state index is 13.8. The number of Topliss-reactive ketones (excluding diaryl/α,β-unsaturated/α-hetero) is 1. The van der Waals surface area contributed by atoms with Gasteiger partial charge in [-0.3, -0.25) is 9.79 Å². The normalized spacial score (nSPS) is 11.4. The second kappa shape index (κ2) is 12.4. The van der Waals surface area contributed by atoms with Crippen LogP contribution in [0.15, 0.2) is 114 Å².